The Hall–Kier alpha value is -1.07. The van der Waals surface area contributed by atoms with Gasteiger partial charge < -0.3 is 5.32 Å². The molecule has 1 fully saturated rings. The third-order valence-corrected chi connectivity index (χ3v) is 5.30. The van der Waals surface area contributed by atoms with E-state index in [1.54, 1.807) is 0 Å². The van der Waals surface area contributed by atoms with E-state index in [1.807, 2.05) is 32.0 Å². The molecule has 3 nitrogen and oxygen atoms in total. The molecule has 1 aliphatic rings. The predicted octanol–water partition coefficient (Wildman–Crippen LogP) is 4.49. The van der Waals surface area contributed by atoms with Gasteiger partial charge in [-0.1, -0.05) is 31.5 Å². The van der Waals surface area contributed by atoms with Crippen LogP contribution in [0.5, 0.6) is 0 Å². The van der Waals surface area contributed by atoms with Crippen molar-refractivity contribution in [3.8, 4) is 0 Å². The normalized spacial score (nSPS) is 22.1. The van der Waals surface area contributed by atoms with Crippen molar-refractivity contribution in [3.63, 3.8) is 0 Å². The van der Waals surface area contributed by atoms with Crippen molar-refractivity contribution in [1.29, 1.82) is 0 Å². The monoisotopic (exact) mass is 338 g/mol. The van der Waals surface area contributed by atoms with Crippen molar-refractivity contribution in [2.45, 2.75) is 57.7 Å². The van der Waals surface area contributed by atoms with E-state index in [1.165, 1.54) is 0 Å². The van der Waals surface area contributed by atoms with Gasteiger partial charge in [0.1, 0.15) is 0 Å². The maximum absolute atomic E-state index is 13.0. The minimum Gasteiger partial charge on any atom is -0.324 e. The quantitative estimate of drug-likeness (QED) is 0.829. The number of hydrogen-bond acceptors (Lipinski definition) is 3. The van der Waals surface area contributed by atoms with Crippen LogP contribution in [-0.2, 0) is 4.79 Å². The van der Waals surface area contributed by atoms with E-state index in [0.29, 0.717) is 18.6 Å². The fourth-order valence-corrected chi connectivity index (χ4v) is 3.63. The molecule has 0 spiro atoms. The van der Waals surface area contributed by atoms with Gasteiger partial charge in [-0.2, -0.15) is 3.89 Å². The number of unbranched alkanes of at least 4 members (excludes halogenated alkanes) is 1. The number of nitrogens with one attached hydrogen (secondary N) is 1. The van der Waals surface area contributed by atoms with Crippen molar-refractivity contribution in [1.82, 2.24) is 4.90 Å². The number of halogens is 1. The summed E-state index contributed by atoms with van der Waals surface area (Å²) in [6.45, 7) is 7.85. The van der Waals surface area contributed by atoms with Gasteiger partial charge in [0.05, 0.1) is 6.04 Å². The van der Waals surface area contributed by atoms with Crippen molar-refractivity contribution in [3.05, 3.63) is 29.3 Å². The van der Waals surface area contributed by atoms with Gasteiger partial charge in [-0.25, -0.2) is 0 Å². The van der Waals surface area contributed by atoms with Gasteiger partial charge in [0.2, 0.25) is 5.91 Å². The van der Waals surface area contributed by atoms with E-state index in [-0.39, 0.29) is 17.2 Å². The highest BCUT2D eigenvalue weighted by atomic mass is 32.2. The molecule has 2 rings (SSSR count). The lowest BCUT2D eigenvalue weighted by atomic mass is 9.99. The first-order valence-electron chi connectivity index (χ1n) is 8.45. The summed E-state index contributed by atoms with van der Waals surface area (Å²) in [6.07, 6.45) is 3.57. The minimum absolute atomic E-state index is 0.00254. The van der Waals surface area contributed by atoms with Crippen molar-refractivity contribution < 1.29 is 8.68 Å². The summed E-state index contributed by atoms with van der Waals surface area (Å²) in [5.41, 5.74) is 3.01. The zero-order valence-electron chi connectivity index (χ0n) is 14.3. The number of hydrogen-bond donors (Lipinski definition) is 1. The summed E-state index contributed by atoms with van der Waals surface area (Å²) in [7, 11) is 0. The van der Waals surface area contributed by atoms with Crippen LogP contribution in [0.1, 0.15) is 43.7 Å². The van der Waals surface area contributed by atoms with Gasteiger partial charge in [-0.05, 0) is 50.8 Å². The maximum Gasteiger partial charge on any atom is 0.241 e. The van der Waals surface area contributed by atoms with Gasteiger partial charge in [-0.3, -0.25) is 9.69 Å². The lowest BCUT2D eigenvalue weighted by molar-refractivity contribution is -0.122. The Kier molecular flexibility index (Phi) is 6.90. The molecule has 23 heavy (non-hydrogen) atoms. The van der Waals surface area contributed by atoms with Gasteiger partial charge in [0, 0.05) is 29.6 Å². The Morgan fingerprint density at radius 2 is 2.09 bits per heavy atom. The van der Waals surface area contributed by atoms with Gasteiger partial charge >= 0.3 is 0 Å². The molecule has 0 saturated carbocycles. The Morgan fingerprint density at radius 3 is 2.70 bits per heavy atom. The lowest BCUT2D eigenvalue weighted by Crippen LogP contribution is -2.50. The third-order valence-electron chi connectivity index (χ3n) is 4.62. The maximum atomic E-state index is 13.0. The molecule has 1 saturated heterocycles. The Labute approximate surface area is 143 Å². The smallest absolute Gasteiger partial charge is 0.241 e. The fraction of sp³-hybridized carbons (Fsp3) is 0.611. The average Bonchev–Trinajstić information content (AvgIpc) is 2.56. The second-order valence-electron chi connectivity index (χ2n) is 6.40. The number of carbonyl (C=O) groups is 1. The summed E-state index contributed by atoms with van der Waals surface area (Å²) < 4.78 is 13.0. The first kappa shape index (κ1) is 18.3. The summed E-state index contributed by atoms with van der Waals surface area (Å²) in [5, 5.41) is 3.02. The molecule has 2 unspecified atom stereocenters. The number of likely N-dealkylation sites (tertiary alicyclic amines) is 1. The number of carbonyl (C=O) groups excluding carboxylic acids is 1. The Bertz CT molecular complexity index is 518. The number of benzene rings is 1. The van der Waals surface area contributed by atoms with E-state index >= 15 is 0 Å². The molecule has 1 aliphatic heterocycles. The standard InChI is InChI=1S/C18H27FN2OS/c1-4-5-10-21-11-9-15(23-19)12-16(21)18(22)20-17-13(2)7-6-8-14(17)3/h6-8,15-16H,4-5,9-12H2,1-3H3,(H,20,22). The van der Waals surface area contributed by atoms with E-state index < -0.39 is 0 Å². The first-order valence-corrected chi connectivity index (χ1v) is 9.23. The molecule has 5 heteroatoms. The second kappa shape index (κ2) is 8.69. The summed E-state index contributed by atoms with van der Waals surface area (Å²) in [6, 6.07) is 5.75. The lowest BCUT2D eigenvalue weighted by Gasteiger charge is -2.37. The van der Waals surface area contributed by atoms with E-state index in [2.05, 4.69) is 17.1 Å². The third kappa shape index (κ3) is 4.70. The van der Waals surface area contributed by atoms with E-state index in [0.717, 1.165) is 49.2 Å². The van der Waals surface area contributed by atoms with Crippen LogP contribution in [0.15, 0.2) is 18.2 Å². The van der Waals surface area contributed by atoms with Crippen LogP contribution in [0.4, 0.5) is 9.57 Å². The molecule has 0 bridgehead atoms. The van der Waals surface area contributed by atoms with Crippen LogP contribution in [-0.4, -0.2) is 35.2 Å². The topological polar surface area (TPSA) is 32.3 Å². The van der Waals surface area contributed by atoms with Crippen LogP contribution in [0.25, 0.3) is 0 Å². The van der Waals surface area contributed by atoms with Crippen LogP contribution in [0.3, 0.4) is 0 Å². The summed E-state index contributed by atoms with van der Waals surface area (Å²) in [4.78, 5) is 15.0. The molecular formula is C18H27FN2OS. The molecule has 0 aliphatic carbocycles. The van der Waals surface area contributed by atoms with E-state index in [9.17, 15) is 8.68 Å². The Balaban J connectivity index is 2.12. The molecule has 1 N–H and O–H groups in total. The van der Waals surface area contributed by atoms with Crippen molar-refractivity contribution in [2.75, 3.05) is 18.4 Å². The van der Waals surface area contributed by atoms with E-state index in [4.69, 9.17) is 0 Å². The summed E-state index contributed by atoms with van der Waals surface area (Å²) in [5.74, 6) is -0.00254. The molecule has 1 amide bonds. The molecule has 0 aromatic heterocycles. The van der Waals surface area contributed by atoms with Crippen molar-refractivity contribution in [2.24, 2.45) is 0 Å². The Morgan fingerprint density at radius 1 is 1.39 bits per heavy atom. The van der Waals surface area contributed by atoms with Gasteiger partial charge in [0.25, 0.3) is 0 Å². The SMILES string of the molecule is CCCCN1CCC(SF)CC1C(=O)Nc1c(C)cccc1C. The number of para-hydroxylation sites is 1. The first-order chi connectivity index (χ1) is 11.1. The minimum atomic E-state index is -0.234. The van der Waals surface area contributed by atoms with Gasteiger partial charge in [-0.15, -0.1) is 0 Å². The second-order valence-corrected chi connectivity index (χ2v) is 7.24. The number of rotatable bonds is 6. The largest absolute Gasteiger partial charge is 0.324 e. The highest BCUT2D eigenvalue weighted by Gasteiger charge is 2.34. The average molecular weight is 338 g/mol. The molecule has 2 atom stereocenters. The number of anilines is 1. The molecule has 1 aromatic rings. The highest BCUT2D eigenvalue weighted by Crippen LogP contribution is 2.29. The van der Waals surface area contributed by atoms with Crippen LogP contribution in [0, 0.1) is 13.8 Å². The molecular weight excluding hydrogens is 311 g/mol. The molecule has 1 aromatic carbocycles. The zero-order chi connectivity index (χ0) is 16.8. The molecule has 0 radical (unpaired) electrons. The van der Waals surface area contributed by atoms with Crippen molar-refractivity contribution >= 4 is 23.7 Å². The number of aryl methyl sites for hydroxylation is 2. The molecule has 128 valence electrons. The number of amides is 1. The predicted molar refractivity (Wildman–Crippen MR) is 96.5 cm³/mol. The fourth-order valence-electron chi connectivity index (χ4n) is 3.18. The summed E-state index contributed by atoms with van der Waals surface area (Å²) >= 11 is 0.399. The zero-order valence-corrected chi connectivity index (χ0v) is 15.1. The van der Waals surface area contributed by atoms with Crippen LogP contribution >= 0.6 is 12.1 Å². The van der Waals surface area contributed by atoms with Crippen LogP contribution in [0.2, 0.25) is 0 Å². The van der Waals surface area contributed by atoms with Crippen LogP contribution < -0.4 is 5.32 Å². The number of piperidine rings is 1. The number of nitrogens with zero attached hydrogens (tertiary/aromatic N) is 1. The molecule has 1 heterocycles. The highest BCUT2D eigenvalue weighted by molar-refractivity contribution is 7.94. The van der Waals surface area contributed by atoms with Gasteiger partial charge in [0.15, 0.2) is 0 Å².